The molecule has 3 N–H and O–H groups in total. The summed E-state index contributed by atoms with van der Waals surface area (Å²) < 4.78 is 5.63. The number of thioether (sulfide) groups is 1. The van der Waals surface area contributed by atoms with Crippen molar-refractivity contribution in [3.8, 4) is 6.07 Å². The lowest BCUT2D eigenvalue weighted by atomic mass is 9.85. The Morgan fingerprint density at radius 3 is 2.59 bits per heavy atom. The number of amides is 2. The van der Waals surface area contributed by atoms with Crippen LogP contribution in [0.4, 0.5) is 11.4 Å². The molecule has 0 spiro atoms. The van der Waals surface area contributed by atoms with E-state index in [2.05, 4.69) is 22.0 Å². The van der Waals surface area contributed by atoms with Crippen molar-refractivity contribution >= 4 is 58.2 Å². The Labute approximate surface area is 228 Å². The number of nitrogens with one attached hydrogen (secondary N) is 3. The number of nitriles is 1. The molecule has 2 amide bonds. The fourth-order valence-electron chi connectivity index (χ4n) is 3.91. The molecule has 2 aromatic carbocycles. The Hall–Kier alpha value is -3.64. The average Bonchev–Trinajstić information content (AvgIpc) is 3.38. The molecule has 2 heterocycles. The predicted molar refractivity (Wildman–Crippen MR) is 147 cm³/mol. The van der Waals surface area contributed by atoms with E-state index in [4.69, 9.17) is 27.6 Å². The number of anilines is 2. The van der Waals surface area contributed by atoms with Gasteiger partial charge in [-0.2, -0.15) is 5.26 Å². The predicted octanol–water partition coefficient (Wildman–Crippen LogP) is 6.60. The number of halogens is 2. The van der Waals surface area contributed by atoms with Gasteiger partial charge in [0.2, 0.25) is 5.91 Å². The lowest BCUT2D eigenvalue weighted by Gasteiger charge is -2.28. The number of rotatable bonds is 7. The Morgan fingerprint density at radius 1 is 1.11 bits per heavy atom. The molecule has 0 radical (unpaired) electrons. The number of hydrogen-bond acceptors (Lipinski definition) is 6. The van der Waals surface area contributed by atoms with Gasteiger partial charge in [-0.15, -0.1) is 0 Å². The first-order valence-corrected chi connectivity index (χ1v) is 12.9. The molecule has 1 aromatic heterocycles. The van der Waals surface area contributed by atoms with E-state index in [0.717, 1.165) is 5.56 Å². The lowest BCUT2D eigenvalue weighted by molar-refractivity contribution is -0.114. The number of allylic oxidation sites excluding steroid dienone is 2. The minimum absolute atomic E-state index is 0.0571. The first-order valence-electron chi connectivity index (χ1n) is 11.2. The summed E-state index contributed by atoms with van der Waals surface area (Å²) in [6.45, 7) is 3.68. The number of hydrogen-bond donors (Lipinski definition) is 3. The van der Waals surface area contributed by atoms with Gasteiger partial charge < -0.3 is 20.4 Å². The normalized spacial score (nSPS) is 15.2. The van der Waals surface area contributed by atoms with Crippen molar-refractivity contribution in [1.82, 2.24) is 5.32 Å². The van der Waals surface area contributed by atoms with Crippen molar-refractivity contribution in [3.63, 3.8) is 0 Å². The highest BCUT2D eigenvalue weighted by molar-refractivity contribution is 8.03. The molecule has 1 aliphatic rings. The van der Waals surface area contributed by atoms with Gasteiger partial charge in [0, 0.05) is 16.4 Å². The van der Waals surface area contributed by atoms with Crippen LogP contribution in [-0.4, -0.2) is 17.6 Å². The van der Waals surface area contributed by atoms with Gasteiger partial charge >= 0.3 is 0 Å². The first-order chi connectivity index (χ1) is 17.8. The summed E-state index contributed by atoms with van der Waals surface area (Å²) in [5.41, 5.74) is 3.18. The maximum Gasteiger partial charge on any atom is 0.254 e. The maximum absolute atomic E-state index is 13.4. The van der Waals surface area contributed by atoms with Crippen molar-refractivity contribution in [2.75, 3.05) is 16.4 Å². The number of nitrogens with zero attached hydrogens (tertiary/aromatic N) is 1. The van der Waals surface area contributed by atoms with Crippen LogP contribution in [0, 0.1) is 18.3 Å². The number of carbonyl (C=O) groups is 2. The zero-order chi connectivity index (χ0) is 26.5. The van der Waals surface area contributed by atoms with Gasteiger partial charge in [0.15, 0.2) is 0 Å². The minimum Gasteiger partial charge on any atom is -0.468 e. The van der Waals surface area contributed by atoms with Crippen LogP contribution in [0.2, 0.25) is 10.0 Å². The largest absolute Gasteiger partial charge is 0.468 e. The van der Waals surface area contributed by atoms with Gasteiger partial charge in [-0.3, -0.25) is 9.59 Å². The fraction of sp³-hybridized carbons (Fsp3) is 0.148. The van der Waals surface area contributed by atoms with Gasteiger partial charge in [0.25, 0.3) is 5.91 Å². The summed E-state index contributed by atoms with van der Waals surface area (Å²) in [5.74, 6) is -0.979. The van der Waals surface area contributed by atoms with Crippen LogP contribution in [0.5, 0.6) is 0 Å². The van der Waals surface area contributed by atoms with Crippen LogP contribution in [0.1, 0.15) is 24.2 Å². The number of carbonyl (C=O) groups excluding carboxylic acids is 2. The Kier molecular flexibility index (Phi) is 8.29. The molecule has 10 heteroatoms. The van der Waals surface area contributed by atoms with Crippen molar-refractivity contribution < 1.29 is 14.0 Å². The van der Waals surface area contributed by atoms with Crippen LogP contribution >= 0.6 is 35.0 Å². The first kappa shape index (κ1) is 26.4. The number of dihydropyridines is 1. The molecule has 7 nitrogen and oxygen atoms in total. The molecule has 37 heavy (non-hydrogen) atoms. The second-order valence-electron chi connectivity index (χ2n) is 8.25. The lowest BCUT2D eigenvalue weighted by Crippen LogP contribution is -2.31. The second kappa shape index (κ2) is 11.6. The molecule has 1 atom stereocenters. The molecule has 3 aromatic rings. The number of furan rings is 1. The second-order valence-corrected chi connectivity index (χ2v) is 10.1. The summed E-state index contributed by atoms with van der Waals surface area (Å²) in [4.78, 5) is 26.0. The van der Waals surface area contributed by atoms with E-state index in [-0.39, 0.29) is 22.3 Å². The fourth-order valence-corrected chi connectivity index (χ4v) is 5.25. The Balaban J connectivity index is 1.59. The smallest absolute Gasteiger partial charge is 0.254 e. The van der Waals surface area contributed by atoms with E-state index < -0.39 is 11.8 Å². The van der Waals surface area contributed by atoms with Gasteiger partial charge in [-0.05, 0) is 61.9 Å². The third-order valence-electron chi connectivity index (χ3n) is 5.55. The van der Waals surface area contributed by atoms with E-state index in [1.807, 2.05) is 31.2 Å². The van der Waals surface area contributed by atoms with Gasteiger partial charge in [-0.1, -0.05) is 47.1 Å². The summed E-state index contributed by atoms with van der Waals surface area (Å²) in [6, 6.07) is 17.8. The number of benzene rings is 2. The zero-order valence-electron chi connectivity index (χ0n) is 19.9. The zero-order valence-corrected chi connectivity index (χ0v) is 22.2. The SMILES string of the molecule is CC1=C(C(=O)Nc2ccc(Cl)cc2Cl)C(c2ccco2)C(C#N)=C(SCC(=O)Nc2cccc(C)c2)N1. The van der Waals surface area contributed by atoms with Crippen molar-refractivity contribution in [1.29, 1.82) is 5.26 Å². The Bertz CT molecular complexity index is 1460. The van der Waals surface area contributed by atoms with E-state index >= 15 is 0 Å². The van der Waals surface area contributed by atoms with Crippen LogP contribution in [-0.2, 0) is 9.59 Å². The van der Waals surface area contributed by atoms with Crippen LogP contribution in [0.25, 0.3) is 0 Å². The van der Waals surface area contributed by atoms with Gasteiger partial charge in [0.1, 0.15) is 5.76 Å². The van der Waals surface area contributed by atoms with Gasteiger partial charge in [-0.25, -0.2) is 0 Å². The van der Waals surface area contributed by atoms with Crippen molar-refractivity contribution in [2.24, 2.45) is 0 Å². The highest BCUT2D eigenvalue weighted by Gasteiger charge is 2.36. The van der Waals surface area contributed by atoms with Crippen LogP contribution in [0.3, 0.4) is 0 Å². The quantitative estimate of drug-likeness (QED) is 0.304. The summed E-state index contributed by atoms with van der Waals surface area (Å²) in [6.07, 6.45) is 1.48. The molecule has 0 aliphatic carbocycles. The van der Waals surface area contributed by atoms with Crippen LogP contribution in [0.15, 0.2) is 87.1 Å². The number of aryl methyl sites for hydroxylation is 1. The van der Waals surface area contributed by atoms with Crippen molar-refractivity contribution in [3.05, 3.63) is 104 Å². The van der Waals surface area contributed by atoms with Crippen LogP contribution < -0.4 is 16.0 Å². The molecule has 1 unspecified atom stereocenters. The standard InChI is InChI=1S/C27H22Cl2N4O3S/c1-15-5-3-6-18(11-15)32-23(34)14-37-27-19(13-30)25(22-7-4-10-36-22)24(16(2)31-27)26(35)33-21-9-8-17(28)12-20(21)29/h3-12,25,31H,14H2,1-2H3,(H,32,34)(H,33,35). The maximum atomic E-state index is 13.4. The van der Waals surface area contributed by atoms with Crippen molar-refractivity contribution in [2.45, 2.75) is 19.8 Å². The third kappa shape index (κ3) is 6.20. The molecule has 1 aliphatic heterocycles. The topological polar surface area (TPSA) is 107 Å². The summed E-state index contributed by atoms with van der Waals surface area (Å²) in [7, 11) is 0. The minimum atomic E-state index is -0.783. The van der Waals surface area contributed by atoms with E-state index in [1.165, 1.54) is 24.1 Å². The highest BCUT2D eigenvalue weighted by atomic mass is 35.5. The van der Waals surface area contributed by atoms with E-state index in [1.54, 1.807) is 31.2 Å². The molecule has 188 valence electrons. The van der Waals surface area contributed by atoms with E-state index in [9.17, 15) is 14.9 Å². The highest BCUT2D eigenvalue weighted by Crippen LogP contribution is 2.41. The molecular formula is C27H22Cl2N4O3S. The molecule has 0 bridgehead atoms. The summed E-state index contributed by atoms with van der Waals surface area (Å²) >= 11 is 13.4. The molecule has 0 saturated carbocycles. The van der Waals surface area contributed by atoms with Gasteiger partial charge in [0.05, 0.1) is 50.9 Å². The summed E-state index contributed by atoms with van der Waals surface area (Å²) in [5, 5.41) is 20.1. The molecule has 0 fully saturated rings. The molecule has 4 rings (SSSR count). The van der Waals surface area contributed by atoms with E-state index in [0.29, 0.717) is 38.5 Å². The average molecular weight is 553 g/mol. The molecular weight excluding hydrogens is 531 g/mol. The monoisotopic (exact) mass is 552 g/mol. The third-order valence-corrected chi connectivity index (χ3v) is 7.11. The Morgan fingerprint density at radius 2 is 1.92 bits per heavy atom. The molecule has 0 saturated heterocycles.